The number of ether oxygens (including phenoxy) is 4. The predicted molar refractivity (Wildman–Crippen MR) is 124 cm³/mol. The smallest absolute Gasteiger partial charge is 0.253 e. The van der Waals surface area contributed by atoms with Crippen molar-refractivity contribution in [3.05, 3.63) is 53.3 Å². The molecule has 0 aromatic heterocycles. The van der Waals surface area contributed by atoms with Gasteiger partial charge in [-0.05, 0) is 48.4 Å². The molecule has 2 aromatic rings. The van der Waals surface area contributed by atoms with Gasteiger partial charge in [0.25, 0.3) is 5.91 Å². The lowest BCUT2D eigenvalue weighted by atomic mass is 9.88. The number of halogens is 1. The van der Waals surface area contributed by atoms with E-state index in [2.05, 4.69) is 5.32 Å². The zero-order valence-electron chi connectivity index (χ0n) is 19.9. The number of likely N-dealkylation sites (tertiary alicyclic amines) is 1. The number of carbonyl (C=O) groups excluding carboxylic acids is 2. The average molecular weight is 475 g/mol. The van der Waals surface area contributed by atoms with Gasteiger partial charge >= 0.3 is 0 Å². The van der Waals surface area contributed by atoms with Crippen molar-refractivity contribution in [2.45, 2.75) is 12.3 Å². The van der Waals surface area contributed by atoms with Crippen LogP contribution in [0.4, 0.5) is 4.39 Å². The quantitative estimate of drug-likeness (QED) is 0.533. The van der Waals surface area contributed by atoms with Crippen LogP contribution >= 0.6 is 0 Å². The first-order valence-corrected chi connectivity index (χ1v) is 11.0. The van der Waals surface area contributed by atoms with Crippen LogP contribution in [0.1, 0.15) is 28.3 Å². The van der Waals surface area contributed by atoms with E-state index in [0.717, 1.165) is 5.56 Å². The molecule has 0 spiro atoms. The van der Waals surface area contributed by atoms with Gasteiger partial charge in [0.2, 0.25) is 11.7 Å². The van der Waals surface area contributed by atoms with Gasteiger partial charge in [-0.1, -0.05) is 0 Å². The minimum absolute atomic E-state index is 0.149. The summed E-state index contributed by atoms with van der Waals surface area (Å²) in [6, 6.07) is 9.01. The molecule has 2 aromatic carbocycles. The number of hydrogen-bond donors (Lipinski definition) is 1. The van der Waals surface area contributed by atoms with Crippen LogP contribution in [0.2, 0.25) is 0 Å². The van der Waals surface area contributed by atoms with E-state index in [1.165, 1.54) is 45.6 Å². The van der Waals surface area contributed by atoms with Gasteiger partial charge in [-0.2, -0.15) is 0 Å². The Bertz CT molecular complexity index is 972. The normalized spacial score (nSPS) is 17.4. The Morgan fingerprint density at radius 3 is 2.21 bits per heavy atom. The number of carbonyl (C=O) groups is 2. The molecule has 3 rings (SSSR count). The highest BCUT2D eigenvalue weighted by molar-refractivity contribution is 5.95. The molecule has 0 saturated carbocycles. The minimum Gasteiger partial charge on any atom is -0.493 e. The monoisotopic (exact) mass is 474 g/mol. The molecule has 1 saturated heterocycles. The summed E-state index contributed by atoms with van der Waals surface area (Å²) in [6.45, 7) is 1.55. The average Bonchev–Trinajstić information content (AvgIpc) is 3.31. The number of nitrogens with one attached hydrogen (secondary N) is 1. The number of methoxy groups -OCH3 is 4. The molecule has 2 atom stereocenters. The van der Waals surface area contributed by atoms with Gasteiger partial charge in [-0.25, -0.2) is 4.39 Å². The molecule has 0 bridgehead atoms. The van der Waals surface area contributed by atoms with Crippen molar-refractivity contribution in [1.82, 2.24) is 10.2 Å². The SMILES string of the molecule is COCCCNC(=O)C1CN(C(=O)c2ccc(F)cc2)CC1c1cc(OC)c(OC)c(OC)c1. The van der Waals surface area contributed by atoms with Gasteiger partial charge in [0.15, 0.2) is 11.5 Å². The topological polar surface area (TPSA) is 86.3 Å². The van der Waals surface area contributed by atoms with E-state index in [1.807, 2.05) is 12.1 Å². The molecule has 1 aliphatic heterocycles. The van der Waals surface area contributed by atoms with Gasteiger partial charge in [-0.15, -0.1) is 0 Å². The second kappa shape index (κ2) is 11.7. The van der Waals surface area contributed by atoms with Crippen LogP contribution in [0, 0.1) is 11.7 Å². The lowest BCUT2D eigenvalue weighted by molar-refractivity contribution is -0.125. The van der Waals surface area contributed by atoms with Gasteiger partial charge < -0.3 is 29.2 Å². The van der Waals surface area contributed by atoms with Crippen LogP contribution in [0.25, 0.3) is 0 Å². The summed E-state index contributed by atoms with van der Waals surface area (Å²) in [7, 11) is 6.19. The van der Waals surface area contributed by atoms with E-state index in [-0.39, 0.29) is 24.3 Å². The maximum atomic E-state index is 13.3. The molecule has 9 heteroatoms. The van der Waals surface area contributed by atoms with Crippen molar-refractivity contribution in [2.24, 2.45) is 5.92 Å². The highest BCUT2D eigenvalue weighted by Crippen LogP contribution is 2.43. The molecule has 0 aliphatic carbocycles. The zero-order chi connectivity index (χ0) is 24.7. The van der Waals surface area contributed by atoms with Crippen molar-refractivity contribution in [3.63, 3.8) is 0 Å². The maximum absolute atomic E-state index is 13.3. The van der Waals surface area contributed by atoms with Crippen molar-refractivity contribution < 1.29 is 32.9 Å². The standard InChI is InChI=1S/C25H31FN2O6/c1-31-11-5-10-27-24(29)20-15-28(25(30)16-6-8-18(26)9-7-16)14-19(20)17-12-21(32-2)23(34-4)22(13-17)33-3/h6-9,12-13,19-20H,5,10-11,14-15H2,1-4H3,(H,27,29). The Labute approximate surface area is 198 Å². The van der Waals surface area contributed by atoms with Crippen LogP contribution in [0.15, 0.2) is 36.4 Å². The number of rotatable bonds is 10. The van der Waals surface area contributed by atoms with Gasteiger partial charge in [0.1, 0.15) is 5.82 Å². The lowest BCUT2D eigenvalue weighted by Crippen LogP contribution is -2.36. The van der Waals surface area contributed by atoms with Crippen molar-refractivity contribution in [1.29, 1.82) is 0 Å². The van der Waals surface area contributed by atoms with Gasteiger partial charge in [-0.3, -0.25) is 9.59 Å². The zero-order valence-corrected chi connectivity index (χ0v) is 19.9. The lowest BCUT2D eigenvalue weighted by Gasteiger charge is -2.21. The van der Waals surface area contributed by atoms with Crippen LogP contribution < -0.4 is 19.5 Å². The van der Waals surface area contributed by atoms with Crippen molar-refractivity contribution in [3.8, 4) is 17.2 Å². The molecular formula is C25H31FN2O6. The first kappa shape index (κ1) is 25.3. The highest BCUT2D eigenvalue weighted by atomic mass is 19.1. The summed E-state index contributed by atoms with van der Waals surface area (Å²) in [6.07, 6.45) is 0.683. The first-order valence-electron chi connectivity index (χ1n) is 11.0. The molecule has 8 nitrogen and oxygen atoms in total. The third-order valence-corrected chi connectivity index (χ3v) is 5.97. The van der Waals surface area contributed by atoms with Gasteiger partial charge in [0.05, 0.1) is 27.2 Å². The Hall–Kier alpha value is -3.33. The van der Waals surface area contributed by atoms with E-state index >= 15 is 0 Å². The first-order chi connectivity index (χ1) is 16.4. The second-order valence-corrected chi connectivity index (χ2v) is 8.03. The number of nitrogens with zero attached hydrogens (tertiary/aromatic N) is 1. The maximum Gasteiger partial charge on any atom is 0.253 e. The molecule has 2 unspecified atom stereocenters. The summed E-state index contributed by atoms with van der Waals surface area (Å²) >= 11 is 0. The third-order valence-electron chi connectivity index (χ3n) is 5.97. The molecule has 184 valence electrons. The predicted octanol–water partition coefficient (Wildman–Crippen LogP) is 2.86. The second-order valence-electron chi connectivity index (χ2n) is 8.03. The van der Waals surface area contributed by atoms with E-state index in [4.69, 9.17) is 18.9 Å². The van der Waals surface area contributed by atoms with Crippen LogP contribution in [0.3, 0.4) is 0 Å². The third kappa shape index (κ3) is 5.59. The van der Waals surface area contributed by atoms with Crippen LogP contribution in [0.5, 0.6) is 17.2 Å². The van der Waals surface area contributed by atoms with E-state index in [0.29, 0.717) is 48.9 Å². The summed E-state index contributed by atoms with van der Waals surface area (Å²) in [5.41, 5.74) is 1.16. The summed E-state index contributed by atoms with van der Waals surface area (Å²) in [5, 5.41) is 2.95. The Balaban J connectivity index is 1.92. The number of benzene rings is 2. The van der Waals surface area contributed by atoms with Crippen LogP contribution in [-0.2, 0) is 9.53 Å². The fourth-order valence-electron chi connectivity index (χ4n) is 4.22. The Morgan fingerprint density at radius 2 is 1.65 bits per heavy atom. The number of hydrogen-bond acceptors (Lipinski definition) is 6. The Morgan fingerprint density at radius 1 is 1.00 bits per heavy atom. The summed E-state index contributed by atoms with van der Waals surface area (Å²) in [5.74, 6) is -0.223. The fourth-order valence-corrected chi connectivity index (χ4v) is 4.22. The molecule has 1 heterocycles. The van der Waals surface area contributed by atoms with E-state index < -0.39 is 11.7 Å². The fraction of sp³-hybridized carbons (Fsp3) is 0.440. The molecule has 0 radical (unpaired) electrons. The molecule has 2 amide bonds. The summed E-state index contributed by atoms with van der Waals surface area (Å²) in [4.78, 5) is 27.9. The largest absolute Gasteiger partial charge is 0.493 e. The molecule has 1 N–H and O–H groups in total. The minimum atomic E-state index is -0.491. The molecule has 1 aliphatic rings. The number of amides is 2. The Kier molecular flexibility index (Phi) is 8.70. The summed E-state index contributed by atoms with van der Waals surface area (Å²) < 4.78 is 34.8. The molecule has 1 fully saturated rings. The van der Waals surface area contributed by atoms with Gasteiger partial charge in [0, 0.05) is 44.8 Å². The highest BCUT2D eigenvalue weighted by Gasteiger charge is 2.41. The van der Waals surface area contributed by atoms with Crippen LogP contribution in [-0.4, -0.2) is 71.4 Å². The van der Waals surface area contributed by atoms with Crippen molar-refractivity contribution >= 4 is 11.8 Å². The van der Waals surface area contributed by atoms with E-state index in [9.17, 15) is 14.0 Å². The van der Waals surface area contributed by atoms with Crippen molar-refractivity contribution in [2.75, 3.05) is 54.7 Å². The van der Waals surface area contributed by atoms with E-state index in [1.54, 1.807) is 12.0 Å². The molecule has 34 heavy (non-hydrogen) atoms. The molecular weight excluding hydrogens is 443 g/mol.